The smallest absolute Gasteiger partial charge is 0.0608 e. The SMILES string of the molecule is COCCN(CCC(C)(N)CO)C(C)C. The minimum Gasteiger partial charge on any atom is -0.394 e. The fraction of sp³-hybridized carbons (Fsp3) is 1.00. The van der Waals surface area contributed by atoms with E-state index in [0.29, 0.717) is 6.04 Å². The minimum atomic E-state index is -0.472. The van der Waals surface area contributed by atoms with Gasteiger partial charge in [-0.05, 0) is 27.2 Å². The van der Waals surface area contributed by atoms with E-state index in [1.807, 2.05) is 6.92 Å². The van der Waals surface area contributed by atoms with Crippen molar-refractivity contribution in [3.8, 4) is 0 Å². The van der Waals surface area contributed by atoms with Crippen molar-refractivity contribution in [1.82, 2.24) is 4.90 Å². The number of rotatable bonds is 8. The Balaban J connectivity index is 3.95. The molecule has 0 heterocycles. The Morgan fingerprint density at radius 1 is 1.40 bits per heavy atom. The zero-order chi connectivity index (χ0) is 11.9. The molecule has 0 radical (unpaired) electrons. The molecule has 0 aromatic carbocycles. The Kier molecular flexibility index (Phi) is 7.09. The lowest BCUT2D eigenvalue weighted by Gasteiger charge is -2.30. The van der Waals surface area contributed by atoms with Crippen LogP contribution in [0.2, 0.25) is 0 Å². The summed E-state index contributed by atoms with van der Waals surface area (Å²) in [5.41, 5.74) is 5.41. The van der Waals surface area contributed by atoms with Gasteiger partial charge in [-0.25, -0.2) is 0 Å². The van der Waals surface area contributed by atoms with Gasteiger partial charge in [0.2, 0.25) is 0 Å². The summed E-state index contributed by atoms with van der Waals surface area (Å²) in [4.78, 5) is 2.31. The molecule has 0 bridgehead atoms. The second-order valence-electron chi connectivity index (χ2n) is 4.68. The summed E-state index contributed by atoms with van der Waals surface area (Å²) >= 11 is 0. The third-order valence-electron chi connectivity index (χ3n) is 2.64. The molecule has 0 aliphatic carbocycles. The molecule has 0 aromatic rings. The highest BCUT2D eigenvalue weighted by atomic mass is 16.5. The standard InChI is InChI=1S/C11H26N2O2/c1-10(2)13(7-8-15-4)6-5-11(3,12)9-14/h10,14H,5-9,12H2,1-4H3. The zero-order valence-electron chi connectivity index (χ0n) is 10.5. The molecule has 0 aliphatic heterocycles. The van der Waals surface area contributed by atoms with E-state index < -0.39 is 5.54 Å². The van der Waals surface area contributed by atoms with Crippen molar-refractivity contribution >= 4 is 0 Å². The molecule has 1 unspecified atom stereocenters. The molecule has 15 heavy (non-hydrogen) atoms. The molecule has 0 aliphatic rings. The molecule has 0 aromatic heterocycles. The van der Waals surface area contributed by atoms with Crippen LogP contribution in [0.5, 0.6) is 0 Å². The molecule has 0 fully saturated rings. The van der Waals surface area contributed by atoms with Crippen LogP contribution in [0.15, 0.2) is 0 Å². The molecule has 0 saturated carbocycles. The first kappa shape index (κ1) is 14.8. The predicted octanol–water partition coefficient (Wildman–Crippen LogP) is 0.443. The Hall–Kier alpha value is -0.160. The molecule has 0 saturated heterocycles. The Bertz CT molecular complexity index is 161. The molecular weight excluding hydrogens is 192 g/mol. The predicted molar refractivity (Wildman–Crippen MR) is 62.9 cm³/mol. The van der Waals surface area contributed by atoms with Crippen LogP contribution in [-0.4, -0.2) is 55.0 Å². The average molecular weight is 218 g/mol. The number of ether oxygens (including phenoxy) is 1. The van der Waals surface area contributed by atoms with Crippen molar-refractivity contribution in [1.29, 1.82) is 0 Å². The van der Waals surface area contributed by atoms with Crippen LogP contribution in [0.1, 0.15) is 27.2 Å². The van der Waals surface area contributed by atoms with E-state index in [4.69, 9.17) is 15.6 Å². The summed E-state index contributed by atoms with van der Waals surface area (Å²) in [7, 11) is 1.71. The van der Waals surface area contributed by atoms with E-state index >= 15 is 0 Å². The van der Waals surface area contributed by atoms with Crippen molar-refractivity contribution in [3.05, 3.63) is 0 Å². The maximum atomic E-state index is 9.05. The van der Waals surface area contributed by atoms with Crippen molar-refractivity contribution in [3.63, 3.8) is 0 Å². The maximum absolute atomic E-state index is 9.05. The van der Waals surface area contributed by atoms with Crippen LogP contribution in [0.3, 0.4) is 0 Å². The van der Waals surface area contributed by atoms with Gasteiger partial charge in [-0.1, -0.05) is 0 Å². The van der Waals surface area contributed by atoms with Gasteiger partial charge in [0.15, 0.2) is 0 Å². The van der Waals surface area contributed by atoms with Crippen LogP contribution in [0.25, 0.3) is 0 Å². The van der Waals surface area contributed by atoms with Gasteiger partial charge in [0.05, 0.1) is 13.2 Å². The molecule has 0 spiro atoms. The van der Waals surface area contributed by atoms with Crippen LogP contribution < -0.4 is 5.73 Å². The average Bonchev–Trinajstić information content (AvgIpc) is 2.17. The highest BCUT2D eigenvalue weighted by Crippen LogP contribution is 2.08. The molecule has 0 amide bonds. The number of nitrogens with zero attached hydrogens (tertiary/aromatic N) is 1. The minimum absolute atomic E-state index is 0.0310. The van der Waals surface area contributed by atoms with E-state index in [1.165, 1.54) is 0 Å². The second-order valence-corrected chi connectivity index (χ2v) is 4.68. The summed E-state index contributed by atoms with van der Waals surface area (Å²) < 4.78 is 5.06. The van der Waals surface area contributed by atoms with Gasteiger partial charge in [-0.3, -0.25) is 4.90 Å². The van der Waals surface area contributed by atoms with Crippen molar-refractivity contribution in [2.45, 2.75) is 38.8 Å². The molecule has 92 valence electrons. The maximum Gasteiger partial charge on any atom is 0.0608 e. The molecule has 1 atom stereocenters. The summed E-state index contributed by atoms with van der Waals surface area (Å²) in [6.45, 7) is 8.76. The fourth-order valence-corrected chi connectivity index (χ4v) is 1.31. The first-order chi connectivity index (χ1) is 6.93. The van der Waals surface area contributed by atoms with Crippen LogP contribution >= 0.6 is 0 Å². The third-order valence-corrected chi connectivity index (χ3v) is 2.64. The number of nitrogens with two attached hydrogens (primary N) is 1. The van der Waals surface area contributed by atoms with E-state index in [-0.39, 0.29) is 6.61 Å². The highest BCUT2D eigenvalue weighted by molar-refractivity contribution is 4.79. The largest absolute Gasteiger partial charge is 0.394 e. The van der Waals surface area contributed by atoms with Crippen molar-refractivity contribution in [2.24, 2.45) is 5.73 Å². The molecule has 4 nitrogen and oxygen atoms in total. The monoisotopic (exact) mass is 218 g/mol. The summed E-state index contributed by atoms with van der Waals surface area (Å²) in [6, 6.07) is 0.481. The van der Waals surface area contributed by atoms with Crippen molar-refractivity contribution in [2.75, 3.05) is 33.4 Å². The Morgan fingerprint density at radius 3 is 2.40 bits per heavy atom. The lowest BCUT2D eigenvalue weighted by molar-refractivity contribution is 0.115. The van der Waals surface area contributed by atoms with Gasteiger partial charge >= 0.3 is 0 Å². The van der Waals surface area contributed by atoms with E-state index in [1.54, 1.807) is 7.11 Å². The number of aliphatic hydroxyl groups is 1. The van der Waals surface area contributed by atoms with Crippen LogP contribution in [-0.2, 0) is 4.74 Å². The topological polar surface area (TPSA) is 58.7 Å². The van der Waals surface area contributed by atoms with E-state index in [2.05, 4.69) is 18.7 Å². The van der Waals surface area contributed by atoms with Gasteiger partial charge in [0.1, 0.15) is 0 Å². The molecule has 3 N–H and O–H groups in total. The fourth-order valence-electron chi connectivity index (χ4n) is 1.31. The number of hydrogen-bond acceptors (Lipinski definition) is 4. The molecule has 4 heteroatoms. The quantitative estimate of drug-likeness (QED) is 0.621. The van der Waals surface area contributed by atoms with Gasteiger partial charge < -0.3 is 15.6 Å². The normalized spacial score (nSPS) is 16.0. The summed E-state index contributed by atoms with van der Waals surface area (Å²) in [5.74, 6) is 0. The Labute approximate surface area is 93.4 Å². The number of aliphatic hydroxyl groups excluding tert-OH is 1. The second kappa shape index (κ2) is 7.17. The van der Waals surface area contributed by atoms with E-state index in [0.717, 1.165) is 26.1 Å². The van der Waals surface area contributed by atoms with Crippen LogP contribution in [0.4, 0.5) is 0 Å². The molecular formula is C11H26N2O2. The summed E-state index contributed by atoms with van der Waals surface area (Å²) in [5, 5.41) is 9.05. The molecule has 0 rings (SSSR count). The summed E-state index contributed by atoms with van der Waals surface area (Å²) in [6.07, 6.45) is 0.797. The third kappa shape index (κ3) is 6.84. The van der Waals surface area contributed by atoms with Gasteiger partial charge in [0.25, 0.3) is 0 Å². The van der Waals surface area contributed by atoms with Crippen LogP contribution in [0, 0.1) is 0 Å². The van der Waals surface area contributed by atoms with Crippen molar-refractivity contribution < 1.29 is 9.84 Å². The first-order valence-electron chi connectivity index (χ1n) is 5.55. The lowest BCUT2D eigenvalue weighted by Crippen LogP contribution is -2.45. The van der Waals surface area contributed by atoms with Gasteiger partial charge in [-0.2, -0.15) is 0 Å². The first-order valence-corrected chi connectivity index (χ1v) is 5.55. The Morgan fingerprint density at radius 2 is 2.00 bits per heavy atom. The van der Waals surface area contributed by atoms with Gasteiger partial charge in [-0.15, -0.1) is 0 Å². The number of methoxy groups -OCH3 is 1. The van der Waals surface area contributed by atoms with E-state index in [9.17, 15) is 0 Å². The highest BCUT2D eigenvalue weighted by Gasteiger charge is 2.19. The zero-order valence-corrected chi connectivity index (χ0v) is 10.5. The van der Waals surface area contributed by atoms with Gasteiger partial charge in [0, 0.05) is 31.8 Å². The number of hydrogen-bond donors (Lipinski definition) is 2. The lowest BCUT2D eigenvalue weighted by atomic mass is 10.0.